The number of aryl methyl sites for hydroxylation is 1. The number of nitrogens with zero attached hydrogens (tertiary/aromatic N) is 3. The fraction of sp³-hybridized carbons (Fsp3) is 0.417. The van der Waals surface area contributed by atoms with Crippen LogP contribution in [0.1, 0.15) is 18.7 Å². The first-order chi connectivity index (χ1) is 8.14. The van der Waals surface area contributed by atoms with Crippen molar-refractivity contribution in [2.45, 2.75) is 25.3 Å². The SMILES string of the molecule is Cc1ncc2cn(C3(CF)CC3)c(=O)cc2n1. The highest BCUT2D eigenvalue weighted by Crippen LogP contribution is 2.43. The van der Waals surface area contributed by atoms with Crippen LogP contribution < -0.4 is 5.56 Å². The molecule has 4 nitrogen and oxygen atoms in total. The highest BCUT2D eigenvalue weighted by Gasteiger charge is 2.45. The normalized spacial score (nSPS) is 17.3. The van der Waals surface area contributed by atoms with Crippen molar-refractivity contribution in [3.8, 4) is 0 Å². The van der Waals surface area contributed by atoms with Crippen LogP contribution in [0.3, 0.4) is 0 Å². The summed E-state index contributed by atoms with van der Waals surface area (Å²) in [6.45, 7) is 1.28. The second-order valence-electron chi connectivity index (χ2n) is 4.60. The first-order valence-corrected chi connectivity index (χ1v) is 5.57. The molecular weight excluding hydrogens is 221 g/mol. The summed E-state index contributed by atoms with van der Waals surface area (Å²) in [5.41, 5.74) is -0.171. The largest absolute Gasteiger partial charge is 0.306 e. The van der Waals surface area contributed by atoms with Crippen molar-refractivity contribution < 1.29 is 4.39 Å². The number of pyridine rings is 1. The van der Waals surface area contributed by atoms with Gasteiger partial charge in [-0.25, -0.2) is 14.4 Å². The highest BCUT2D eigenvalue weighted by molar-refractivity contribution is 5.76. The fourth-order valence-electron chi connectivity index (χ4n) is 2.06. The molecule has 5 heteroatoms. The summed E-state index contributed by atoms with van der Waals surface area (Å²) in [5, 5.41) is 0.773. The van der Waals surface area contributed by atoms with Gasteiger partial charge in [0.1, 0.15) is 12.5 Å². The molecule has 0 radical (unpaired) electrons. The highest BCUT2D eigenvalue weighted by atomic mass is 19.1. The van der Waals surface area contributed by atoms with Crippen LogP contribution >= 0.6 is 0 Å². The number of aromatic nitrogens is 3. The van der Waals surface area contributed by atoms with Gasteiger partial charge in [-0.1, -0.05) is 0 Å². The van der Waals surface area contributed by atoms with Crippen LogP contribution in [0.2, 0.25) is 0 Å². The number of hydrogen-bond acceptors (Lipinski definition) is 3. The first-order valence-electron chi connectivity index (χ1n) is 5.57. The molecule has 1 saturated carbocycles. The van der Waals surface area contributed by atoms with Gasteiger partial charge >= 0.3 is 0 Å². The van der Waals surface area contributed by atoms with Gasteiger partial charge in [0.05, 0.1) is 11.1 Å². The molecule has 1 aliphatic rings. The van der Waals surface area contributed by atoms with Gasteiger partial charge in [-0.15, -0.1) is 0 Å². The van der Waals surface area contributed by atoms with Crippen LogP contribution in [0.4, 0.5) is 4.39 Å². The van der Waals surface area contributed by atoms with Crippen molar-refractivity contribution in [1.82, 2.24) is 14.5 Å². The maximum absolute atomic E-state index is 13.0. The van der Waals surface area contributed by atoms with Gasteiger partial charge < -0.3 is 4.57 Å². The van der Waals surface area contributed by atoms with Gasteiger partial charge in [0.15, 0.2) is 0 Å². The Hall–Kier alpha value is -1.78. The maximum Gasteiger partial charge on any atom is 0.253 e. The van der Waals surface area contributed by atoms with E-state index >= 15 is 0 Å². The van der Waals surface area contributed by atoms with Gasteiger partial charge in [-0.05, 0) is 19.8 Å². The first kappa shape index (κ1) is 10.4. The molecule has 0 amide bonds. The second kappa shape index (κ2) is 3.35. The van der Waals surface area contributed by atoms with Gasteiger partial charge in [0.2, 0.25) is 0 Å². The Morgan fingerprint density at radius 1 is 1.53 bits per heavy atom. The molecule has 17 heavy (non-hydrogen) atoms. The second-order valence-corrected chi connectivity index (χ2v) is 4.60. The van der Waals surface area contributed by atoms with Gasteiger partial charge in [-0.3, -0.25) is 4.79 Å². The minimum absolute atomic E-state index is 0.189. The molecule has 0 atom stereocenters. The Kier molecular flexibility index (Phi) is 2.05. The van der Waals surface area contributed by atoms with E-state index in [1.807, 2.05) is 0 Å². The summed E-state index contributed by atoms with van der Waals surface area (Å²) in [7, 11) is 0. The minimum Gasteiger partial charge on any atom is -0.306 e. The molecule has 0 spiro atoms. The van der Waals surface area contributed by atoms with E-state index in [1.165, 1.54) is 10.6 Å². The zero-order valence-corrected chi connectivity index (χ0v) is 9.48. The predicted octanol–water partition coefficient (Wildman–Crippen LogP) is 1.56. The Morgan fingerprint density at radius 2 is 2.29 bits per heavy atom. The van der Waals surface area contributed by atoms with Crippen molar-refractivity contribution in [2.24, 2.45) is 0 Å². The van der Waals surface area contributed by atoms with E-state index in [2.05, 4.69) is 9.97 Å². The lowest BCUT2D eigenvalue weighted by Crippen LogP contribution is -2.31. The zero-order valence-electron chi connectivity index (χ0n) is 9.48. The summed E-state index contributed by atoms with van der Waals surface area (Å²) in [6, 6.07) is 1.46. The Labute approximate surface area is 97.1 Å². The number of alkyl halides is 1. The van der Waals surface area contributed by atoms with E-state index in [9.17, 15) is 9.18 Å². The third-order valence-corrected chi connectivity index (χ3v) is 3.32. The Morgan fingerprint density at radius 3 is 2.94 bits per heavy atom. The molecule has 0 N–H and O–H groups in total. The zero-order chi connectivity index (χ0) is 12.0. The van der Waals surface area contributed by atoms with E-state index in [0.717, 1.165) is 18.2 Å². The standard InChI is InChI=1S/C12H12FN3O/c1-8-14-5-9-6-16(12(7-13)2-3-12)11(17)4-10(9)15-8/h4-6H,2-3,7H2,1H3. The van der Waals surface area contributed by atoms with Crippen molar-refractivity contribution in [1.29, 1.82) is 0 Å². The van der Waals surface area contributed by atoms with Gasteiger partial charge in [0.25, 0.3) is 5.56 Å². The molecule has 0 aliphatic heterocycles. The molecule has 0 unspecified atom stereocenters. The summed E-state index contributed by atoms with van der Waals surface area (Å²) in [6.07, 6.45) is 4.79. The van der Waals surface area contributed by atoms with E-state index in [-0.39, 0.29) is 5.56 Å². The number of rotatable bonds is 2. The molecule has 2 heterocycles. The monoisotopic (exact) mass is 233 g/mol. The van der Waals surface area contributed by atoms with E-state index in [1.54, 1.807) is 19.3 Å². The molecule has 0 saturated heterocycles. The summed E-state index contributed by atoms with van der Waals surface area (Å²) in [5.74, 6) is 0.626. The van der Waals surface area contributed by atoms with Crippen LogP contribution in [0.25, 0.3) is 10.9 Å². The van der Waals surface area contributed by atoms with Gasteiger partial charge in [0, 0.05) is 23.8 Å². The minimum atomic E-state index is -0.601. The molecule has 88 valence electrons. The van der Waals surface area contributed by atoms with E-state index in [4.69, 9.17) is 0 Å². The predicted molar refractivity (Wildman–Crippen MR) is 61.7 cm³/mol. The fourth-order valence-corrected chi connectivity index (χ4v) is 2.06. The molecule has 1 fully saturated rings. The lowest BCUT2D eigenvalue weighted by Gasteiger charge is -2.15. The summed E-state index contributed by atoms with van der Waals surface area (Å²) in [4.78, 5) is 20.2. The quantitative estimate of drug-likeness (QED) is 0.790. The van der Waals surface area contributed by atoms with E-state index in [0.29, 0.717) is 11.3 Å². The van der Waals surface area contributed by atoms with Crippen LogP contribution in [0.15, 0.2) is 23.3 Å². The molecule has 3 rings (SSSR count). The van der Waals surface area contributed by atoms with Crippen molar-refractivity contribution in [3.63, 3.8) is 0 Å². The number of fused-ring (bicyclic) bond motifs is 1. The van der Waals surface area contributed by atoms with Crippen LogP contribution in [0.5, 0.6) is 0 Å². The third-order valence-electron chi connectivity index (χ3n) is 3.32. The average Bonchev–Trinajstić information content (AvgIpc) is 3.09. The lowest BCUT2D eigenvalue weighted by molar-refractivity contribution is 0.331. The van der Waals surface area contributed by atoms with Gasteiger partial charge in [-0.2, -0.15) is 0 Å². The van der Waals surface area contributed by atoms with Crippen LogP contribution in [-0.2, 0) is 5.54 Å². The maximum atomic E-state index is 13.0. The topological polar surface area (TPSA) is 47.8 Å². The Balaban J connectivity index is 2.25. The number of hydrogen-bond donors (Lipinski definition) is 0. The summed E-state index contributed by atoms with van der Waals surface area (Å²) < 4.78 is 14.5. The van der Waals surface area contributed by atoms with Crippen molar-refractivity contribution in [3.05, 3.63) is 34.6 Å². The van der Waals surface area contributed by atoms with E-state index < -0.39 is 12.2 Å². The van der Waals surface area contributed by atoms with Crippen LogP contribution in [0, 0.1) is 6.92 Å². The van der Waals surface area contributed by atoms with Crippen molar-refractivity contribution >= 4 is 10.9 Å². The molecule has 0 aromatic carbocycles. The Bertz CT molecular complexity index is 646. The molecule has 0 bridgehead atoms. The molecular formula is C12H12FN3O. The lowest BCUT2D eigenvalue weighted by atomic mass is 10.2. The average molecular weight is 233 g/mol. The summed E-state index contributed by atoms with van der Waals surface area (Å²) >= 11 is 0. The van der Waals surface area contributed by atoms with Crippen LogP contribution in [-0.4, -0.2) is 21.2 Å². The smallest absolute Gasteiger partial charge is 0.253 e. The number of halogens is 1. The third kappa shape index (κ3) is 1.53. The molecule has 1 aliphatic carbocycles. The van der Waals surface area contributed by atoms with Crippen molar-refractivity contribution in [2.75, 3.05) is 6.67 Å². The molecule has 2 aromatic heterocycles. The molecule has 2 aromatic rings.